The largest absolute Gasteiger partial charge is 0.323 e. The Bertz CT molecular complexity index is 1010. The van der Waals surface area contributed by atoms with Crippen LogP contribution in [0.15, 0.2) is 47.4 Å². The van der Waals surface area contributed by atoms with Crippen molar-refractivity contribution in [2.45, 2.75) is 30.7 Å². The fourth-order valence-corrected chi connectivity index (χ4v) is 4.79. The van der Waals surface area contributed by atoms with Crippen LogP contribution < -0.4 is 5.32 Å². The summed E-state index contributed by atoms with van der Waals surface area (Å²) < 4.78 is 26.5. The van der Waals surface area contributed by atoms with E-state index in [-0.39, 0.29) is 33.5 Å². The second-order valence-electron chi connectivity index (χ2n) is 6.15. The monoisotopic (exact) mass is 426 g/mol. The maximum absolute atomic E-state index is 12.9. The molecule has 0 saturated carbocycles. The molecule has 6 nitrogen and oxygen atoms in total. The molecule has 1 N–H and O–H groups in total. The van der Waals surface area contributed by atoms with E-state index in [0.29, 0.717) is 4.31 Å². The van der Waals surface area contributed by atoms with Crippen LogP contribution in [0.5, 0.6) is 0 Å². The van der Waals surface area contributed by atoms with Crippen molar-refractivity contribution in [2.24, 2.45) is 0 Å². The zero-order chi connectivity index (χ0) is 19.8. The van der Waals surface area contributed by atoms with Gasteiger partial charge in [-0.2, -0.15) is 0 Å². The van der Waals surface area contributed by atoms with Crippen molar-refractivity contribution in [3.8, 4) is 0 Å². The Balaban J connectivity index is 1.91. The van der Waals surface area contributed by atoms with Crippen LogP contribution in [0.3, 0.4) is 0 Å². The Morgan fingerprint density at radius 3 is 2.48 bits per heavy atom. The van der Waals surface area contributed by atoms with Gasteiger partial charge in [0.2, 0.25) is 11.8 Å². The summed E-state index contributed by atoms with van der Waals surface area (Å²) in [5.74, 6) is -1.26. The topological polar surface area (TPSA) is 83.6 Å². The molecule has 1 fully saturated rings. The number of amides is 2. The molecule has 142 valence electrons. The molecule has 0 aliphatic carbocycles. The first-order valence-corrected chi connectivity index (χ1v) is 10.3. The minimum atomic E-state index is -4.15. The fourth-order valence-electron chi connectivity index (χ4n) is 2.84. The predicted octanol–water partition coefficient (Wildman–Crippen LogP) is 3.62. The molecule has 0 radical (unpaired) electrons. The van der Waals surface area contributed by atoms with E-state index in [0.717, 1.165) is 5.56 Å². The lowest BCUT2D eigenvalue weighted by molar-refractivity contribution is -0.128. The zero-order valence-corrected chi connectivity index (χ0v) is 16.6. The van der Waals surface area contributed by atoms with Gasteiger partial charge in [-0.15, -0.1) is 0 Å². The predicted molar refractivity (Wildman–Crippen MR) is 103 cm³/mol. The zero-order valence-electron chi connectivity index (χ0n) is 14.3. The van der Waals surface area contributed by atoms with E-state index in [9.17, 15) is 18.0 Å². The number of rotatable bonds is 4. The number of anilines is 1. The Hall–Kier alpha value is -2.09. The lowest BCUT2D eigenvalue weighted by atomic mass is 10.2. The highest BCUT2D eigenvalue weighted by molar-refractivity contribution is 7.89. The average molecular weight is 427 g/mol. The summed E-state index contributed by atoms with van der Waals surface area (Å²) >= 11 is 12.0. The Morgan fingerprint density at radius 2 is 1.81 bits per heavy atom. The second kappa shape index (κ2) is 7.50. The highest BCUT2D eigenvalue weighted by atomic mass is 35.5. The van der Waals surface area contributed by atoms with Gasteiger partial charge in [0.1, 0.15) is 6.04 Å². The van der Waals surface area contributed by atoms with Crippen LogP contribution in [0, 0.1) is 6.92 Å². The van der Waals surface area contributed by atoms with Crippen molar-refractivity contribution < 1.29 is 18.0 Å². The highest BCUT2D eigenvalue weighted by Gasteiger charge is 2.44. The van der Waals surface area contributed by atoms with Crippen molar-refractivity contribution in [1.29, 1.82) is 0 Å². The second-order valence-corrected chi connectivity index (χ2v) is 8.75. The normalized spacial score (nSPS) is 17.2. The van der Waals surface area contributed by atoms with Crippen LogP contribution in [0.2, 0.25) is 10.0 Å². The Morgan fingerprint density at radius 1 is 1.15 bits per heavy atom. The molecule has 1 saturated heterocycles. The molecule has 27 heavy (non-hydrogen) atoms. The number of halogens is 2. The Labute approximate surface area is 167 Å². The van der Waals surface area contributed by atoms with Gasteiger partial charge in [0.15, 0.2) is 0 Å². The first-order chi connectivity index (χ1) is 12.7. The summed E-state index contributed by atoms with van der Waals surface area (Å²) in [4.78, 5) is 24.9. The van der Waals surface area contributed by atoms with Crippen molar-refractivity contribution in [3.05, 3.63) is 58.1 Å². The number of nitrogens with zero attached hydrogens (tertiary/aromatic N) is 1. The van der Waals surface area contributed by atoms with E-state index in [2.05, 4.69) is 5.32 Å². The maximum Gasteiger partial charge on any atom is 0.267 e. The van der Waals surface area contributed by atoms with Gasteiger partial charge >= 0.3 is 0 Å². The molecule has 2 amide bonds. The number of benzene rings is 2. The van der Waals surface area contributed by atoms with E-state index in [1.54, 1.807) is 30.3 Å². The van der Waals surface area contributed by atoms with Gasteiger partial charge < -0.3 is 5.32 Å². The SMILES string of the molecule is Cc1ccc(S(=O)(=O)N2C(=O)CC[C@@H]2C(=O)Nc2cccc(Cl)c2Cl)cc1. The van der Waals surface area contributed by atoms with Gasteiger partial charge in [0, 0.05) is 6.42 Å². The number of hydrogen-bond donors (Lipinski definition) is 1. The smallest absolute Gasteiger partial charge is 0.267 e. The van der Waals surface area contributed by atoms with Crippen molar-refractivity contribution in [1.82, 2.24) is 4.31 Å². The molecule has 0 bridgehead atoms. The van der Waals surface area contributed by atoms with Gasteiger partial charge in [-0.05, 0) is 37.6 Å². The number of hydrogen-bond acceptors (Lipinski definition) is 4. The van der Waals surface area contributed by atoms with E-state index < -0.39 is 27.9 Å². The van der Waals surface area contributed by atoms with Crippen LogP contribution in [0.4, 0.5) is 5.69 Å². The molecular weight excluding hydrogens is 411 g/mol. The molecule has 9 heteroatoms. The first kappa shape index (κ1) is 19.7. The molecule has 3 rings (SSSR count). The van der Waals surface area contributed by atoms with Crippen LogP contribution in [-0.2, 0) is 19.6 Å². The summed E-state index contributed by atoms with van der Waals surface area (Å²) in [6.45, 7) is 1.82. The number of carbonyl (C=O) groups excluding carboxylic acids is 2. The molecule has 1 aliphatic heterocycles. The lowest BCUT2D eigenvalue weighted by Crippen LogP contribution is -2.45. The summed E-state index contributed by atoms with van der Waals surface area (Å²) in [7, 11) is -4.15. The molecule has 2 aromatic rings. The molecule has 1 atom stereocenters. The highest BCUT2D eigenvalue weighted by Crippen LogP contribution is 2.32. The third-order valence-corrected chi connectivity index (χ3v) is 6.91. The minimum absolute atomic E-state index is 0.0353. The number of carbonyl (C=O) groups is 2. The Kier molecular flexibility index (Phi) is 5.46. The van der Waals surface area contributed by atoms with Gasteiger partial charge in [-0.1, -0.05) is 47.0 Å². The molecule has 2 aromatic carbocycles. The molecule has 1 aliphatic rings. The van der Waals surface area contributed by atoms with Crippen LogP contribution >= 0.6 is 23.2 Å². The first-order valence-electron chi connectivity index (χ1n) is 8.10. The summed E-state index contributed by atoms with van der Waals surface area (Å²) in [5.41, 5.74) is 1.13. The van der Waals surface area contributed by atoms with E-state index in [4.69, 9.17) is 23.2 Å². The molecule has 1 heterocycles. The lowest BCUT2D eigenvalue weighted by Gasteiger charge is -2.24. The maximum atomic E-state index is 12.9. The summed E-state index contributed by atoms with van der Waals surface area (Å²) in [5, 5.41) is 2.96. The molecular formula is C18H16Cl2N2O4S. The van der Waals surface area contributed by atoms with Crippen LogP contribution in [0.25, 0.3) is 0 Å². The van der Waals surface area contributed by atoms with Crippen LogP contribution in [0.1, 0.15) is 18.4 Å². The molecule has 0 spiro atoms. The van der Waals surface area contributed by atoms with E-state index in [1.165, 1.54) is 12.1 Å². The van der Waals surface area contributed by atoms with E-state index in [1.807, 2.05) is 6.92 Å². The standard InChI is InChI=1S/C18H16Cl2N2O4S/c1-11-5-7-12(8-6-11)27(25,26)22-15(9-10-16(22)23)18(24)21-14-4-2-3-13(19)17(14)20/h2-8,15H,9-10H2,1H3,(H,21,24)/t15-/m1/s1. The van der Waals surface area contributed by atoms with Crippen molar-refractivity contribution >= 4 is 50.7 Å². The minimum Gasteiger partial charge on any atom is -0.323 e. The average Bonchev–Trinajstić information content (AvgIpc) is 3.02. The van der Waals surface area contributed by atoms with Crippen molar-refractivity contribution in [2.75, 3.05) is 5.32 Å². The van der Waals surface area contributed by atoms with Crippen molar-refractivity contribution in [3.63, 3.8) is 0 Å². The van der Waals surface area contributed by atoms with Gasteiger partial charge in [0.25, 0.3) is 10.0 Å². The third kappa shape index (κ3) is 3.81. The van der Waals surface area contributed by atoms with Crippen LogP contribution in [-0.4, -0.2) is 30.6 Å². The fraction of sp³-hybridized carbons (Fsp3) is 0.222. The molecule has 0 unspecified atom stereocenters. The van der Waals surface area contributed by atoms with Gasteiger partial charge in [-0.25, -0.2) is 12.7 Å². The summed E-state index contributed by atoms with van der Waals surface area (Å²) in [6.07, 6.45) is 0.0560. The summed E-state index contributed by atoms with van der Waals surface area (Å²) in [6, 6.07) is 9.65. The van der Waals surface area contributed by atoms with Gasteiger partial charge in [-0.3, -0.25) is 9.59 Å². The number of sulfonamides is 1. The quantitative estimate of drug-likeness (QED) is 0.808. The number of nitrogens with one attached hydrogen (secondary N) is 1. The van der Waals surface area contributed by atoms with E-state index >= 15 is 0 Å². The third-order valence-electron chi connectivity index (χ3n) is 4.25. The number of aryl methyl sites for hydroxylation is 1. The molecule has 0 aromatic heterocycles. The van der Waals surface area contributed by atoms with Gasteiger partial charge in [0.05, 0.1) is 20.6 Å².